The van der Waals surface area contributed by atoms with Gasteiger partial charge in [-0.15, -0.1) is 0 Å². The normalized spacial score (nSPS) is 11.2. The summed E-state index contributed by atoms with van der Waals surface area (Å²) in [6, 6.07) is 10.4. The second-order valence-electron chi connectivity index (χ2n) is 6.72. The van der Waals surface area contributed by atoms with Gasteiger partial charge < -0.3 is 9.73 Å². The minimum Gasteiger partial charge on any atom is -0.463 e. The molecule has 9 nitrogen and oxygen atoms in total. The second-order valence-corrected chi connectivity index (χ2v) is 6.72. The molecule has 144 valence electrons. The van der Waals surface area contributed by atoms with Gasteiger partial charge in [0.25, 0.3) is 17.2 Å². The van der Waals surface area contributed by atoms with Gasteiger partial charge in [-0.2, -0.15) is 5.10 Å². The number of aromatic nitrogens is 2. The molecule has 0 unspecified atom stereocenters. The van der Waals surface area contributed by atoms with Crippen LogP contribution in [0.2, 0.25) is 0 Å². The zero-order chi connectivity index (χ0) is 20.5. The van der Waals surface area contributed by atoms with Gasteiger partial charge >= 0.3 is 0 Å². The Bertz CT molecular complexity index is 1100. The summed E-state index contributed by atoms with van der Waals surface area (Å²) >= 11 is 0. The number of non-ortho nitro benzene ring substituents is 1. The number of hydrogen-bond acceptors (Lipinski definition) is 6. The number of hydrogen-bond donors (Lipinski definition) is 1. The number of nitro groups is 1. The van der Waals surface area contributed by atoms with Crippen LogP contribution in [0.5, 0.6) is 0 Å². The van der Waals surface area contributed by atoms with Gasteiger partial charge in [-0.3, -0.25) is 19.7 Å². The van der Waals surface area contributed by atoms with Crippen LogP contribution >= 0.6 is 0 Å². The number of aryl methyl sites for hydroxylation is 1. The van der Waals surface area contributed by atoms with Crippen LogP contribution in [-0.2, 0) is 10.3 Å². The topological polar surface area (TPSA) is 120 Å². The molecule has 0 saturated heterocycles. The molecule has 3 aromatic rings. The number of nitrogens with one attached hydrogen (secondary N) is 1. The summed E-state index contributed by atoms with van der Waals surface area (Å²) in [7, 11) is 0. The van der Waals surface area contributed by atoms with Crippen LogP contribution in [0, 0.1) is 17.0 Å². The number of amides is 1. The summed E-state index contributed by atoms with van der Waals surface area (Å²) in [5.74, 6) is -0.0817. The lowest BCUT2D eigenvalue weighted by molar-refractivity contribution is -0.384. The van der Waals surface area contributed by atoms with Crippen LogP contribution in [0.4, 0.5) is 11.4 Å². The van der Waals surface area contributed by atoms with Crippen molar-refractivity contribution in [1.29, 1.82) is 0 Å². The van der Waals surface area contributed by atoms with Gasteiger partial charge in [0, 0.05) is 18.2 Å². The van der Waals surface area contributed by atoms with Crippen LogP contribution in [0.3, 0.4) is 0 Å². The van der Waals surface area contributed by atoms with Gasteiger partial charge in [-0.25, -0.2) is 4.68 Å². The van der Waals surface area contributed by atoms with Crippen molar-refractivity contribution in [2.45, 2.75) is 26.3 Å². The van der Waals surface area contributed by atoms with Gasteiger partial charge in [-0.05, 0) is 44.5 Å². The maximum Gasteiger partial charge on any atom is 0.271 e. The van der Waals surface area contributed by atoms with Crippen LogP contribution in [0.1, 0.15) is 19.4 Å². The van der Waals surface area contributed by atoms with E-state index in [2.05, 4.69) is 10.4 Å². The molecule has 1 aromatic carbocycles. The molecule has 0 atom stereocenters. The maximum atomic E-state index is 12.9. The Morgan fingerprint density at radius 2 is 2.00 bits per heavy atom. The molecule has 0 radical (unpaired) electrons. The Hall–Kier alpha value is -3.75. The van der Waals surface area contributed by atoms with Crippen molar-refractivity contribution >= 4 is 17.3 Å². The first-order valence-electron chi connectivity index (χ1n) is 8.41. The number of carbonyl (C=O) groups excluding carboxylic acids is 1. The highest BCUT2D eigenvalue weighted by atomic mass is 16.6. The van der Waals surface area contributed by atoms with Crippen molar-refractivity contribution in [3.8, 4) is 11.5 Å². The van der Waals surface area contributed by atoms with E-state index in [1.807, 2.05) is 0 Å². The third-order valence-corrected chi connectivity index (χ3v) is 4.34. The summed E-state index contributed by atoms with van der Waals surface area (Å²) in [6.07, 6.45) is 1.48. The van der Waals surface area contributed by atoms with Crippen LogP contribution in [0.15, 0.2) is 57.9 Å². The smallest absolute Gasteiger partial charge is 0.271 e. The summed E-state index contributed by atoms with van der Waals surface area (Å²) < 4.78 is 6.35. The summed E-state index contributed by atoms with van der Waals surface area (Å²) in [5, 5.41) is 17.9. The third-order valence-electron chi connectivity index (χ3n) is 4.34. The van der Waals surface area contributed by atoms with Crippen molar-refractivity contribution in [3.05, 3.63) is 74.8 Å². The fourth-order valence-corrected chi connectivity index (χ4v) is 2.60. The van der Waals surface area contributed by atoms with Crippen molar-refractivity contribution in [2.24, 2.45) is 0 Å². The van der Waals surface area contributed by atoms with Crippen LogP contribution in [-0.4, -0.2) is 20.6 Å². The SMILES string of the molecule is Cc1ccc([N+](=O)[O-])cc1NC(=O)C(C)(C)n1nc(-c2ccco2)ccc1=O. The average molecular weight is 382 g/mol. The summed E-state index contributed by atoms with van der Waals surface area (Å²) in [4.78, 5) is 35.7. The highest BCUT2D eigenvalue weighted by molar-refractivity contribution is 5.96. The molecule has 0 saturated carbocycles. The lowest BCUT2D eigenvalue weighted by Gasteiger charge is -2.25. The summed E-state index contributed by atoms with van der Waals surface area (Å²) in [5.41, 5.74) is -0.629. The van der Waals surface area contributed by atoms with E-state index in [0.717, 1.165) is 4.68 Å². The Labute approximate surface area is 159 Å². The predicted octanol–water partition coefficient (Wildman–Crippen LogP) is 3.09. The number of nitro benzene ring substituents is 1. The van der Waals surface area contributed by atoms with E-state index in [1.54, 1.807) is 25.1 Å². The van der Waals surface area contributed by atoms with E-state index < -0.39 is 21.9 Å². The molecular formula is C19H18N4O5. The lowest BCUT2D eigenvalue weighted by atomic mass is 10.0. The number of anilines is 1. The van der Waals surface area contributed by atoms with Gasteiger partial charge in [-0.1, -0.05) is 6.07 Å². The number of nitrogens with zero attached hydrogens (tertiary/aromatic N) is 3. The van der Waals surface area contributed by atoms with E-state index in [9.17, 15) is 19.7 Å². The molecule has 0 spiro atoms. The molecular weight excluding hydrogens is 364 g/mol. The van der Waals surface area contributed by atoms with Crippen LogP contribution in [0.25, 0.3) is 11.5 Å². The fourth-order valence-electron chi connectivity index (χ4n) is 2.60. The predicted molar refractivity (Wildman–Crippen MR) is 102 cm³/mol. The zero-order valence-corrected chi connectivity index (χ0v) is 15.5. The quantitative estimate of drug-likeness (QED) is 0.535. The van der Waals surface area contributed by atoms with E-state index >= 15 is 0 Å². The number of benzene rings is 1. The molecule has 1 amide bonds. The average Bonchev–Trinajstić information content (AvgIpc) is 3.18. The third kappa shape index (κ3) is 3.54. The van der Waals surface area contributed by atoms with Crippen molar-refractivity contribution in [1.82, 2.24) is 9.78 Å². The highest BCUT2D eigenvalue weighted by Gasteiger charge is 2.33. The highest BCUT2D eigenvalue weighted by Crippen LogP contribution is 2.24. The van der Waals surface area contributed by atoms with E-state index in [1.165, 1.54) is 44.4 Å². The van der Waals surface area contributed by atoms with Gasteiger partial charge in [0.2, 0.25) is 0 Å². The summed E-state index contributed by atoms with van der Waals surface area (Å²) in [6.45, 7) is 4.79. The molecule has 0 bridgehead atoms. The molecule has 0 aliphatic heterocycles. The minimum absolute atomic E-state index is 0.145. The fraction of sp³-hybridized carbons (Fsp3) is 0.211. The maximum absolute atomic E-state index is 12.9. The minimum atomic E-state index is -1.36. The van der Waals surface area contributed by atoms with Crippen molar-refractivity contribution in [3.63, 3.8) is 0 Å². The van der Waals surface area contributed by atoms with E-state index in [-0.39, 0.29) is 5.69 Å². The first-order valence-corrected chi connectivity index (χ1v) is 8.41. The Balaban J connectivity index is 1.96. The Morgan fingerprint density at radius 3 is 2.64 bits per heavy atom. The van der Waals surface area contributed by atoms with Gasteiger partial charge in [0.1, 0.15) is 11.2 Å². The number of carbonyl (C=O) groups is 1. The Kier molecular flexibility index (Phi) is 4.83. The molecule has 2 aromatic heterocycles. The van der Waals surface area contributed by atoms with Gasteiger partial charge in [0.15, 0.2) is 5.76 Å². The van der Waals surface area contributed by atoms with Crippen molar-refractivity contribution < 1.29 is 14.1 Å². The largest absolute Gasteiger partial charge is 0.463 e. The molecule has 9 heteroatoms. The molecule has 3 rings (SSSR count). The molecule has 1 N–H and O–H groups in total. The number of furan rings is 1. The molecule has 28 heavy (non-hydrogen) atoms. The first-order chi connectivity index (χ1) is 13.2. The zero-order valence-electron chi connectivity index (χ0n) is 15.5. The molecule has 2 heterocycles. The van der Waals surface area contributed by atoms with Crippen LogP contribution < -0.4 is 10.9 Å². The first kappa shape index (κ1) is 19.0. The monoisotopic (exact) mass is 382 g/mol. The van der Waals surface area contributed by atoms with Gasteiger partial charge in [0.05, 0.1) is 16.9 Å². The molecule has 0 aliphatic rings. The number of rotatable bonds is 5. The van der Waals surface area contributed by atoms with E-state index in [0.29, 0.717) is 22.7 Å². The molecule has 0 fully saturated rings. The lowest BCUT2D eigenvalue weighted by Crippen LogP contribution is -2.47. The Morgan fingerprint density at radius 1 is 1.25 bits per heavy atom. The standard InChI is InChI=1S/C19H18N4O5/c1-12-6-7-13(23(26)27)11-15(12)20-18(25)19(2,3)22-17(24)9-8-14(21-22)16-5-4-10-28-16/h4-11H,1-3H3,(H,20,25). The second kappa shape index (κ2) is 7.10. The van der Waals surface area contributed by atoms with E-state index in [4.69, 9.17) is 4.42 Å². The molecule has 0 aliphatic carbocycles. The van der Waals surface area contributed by atoms with Crippen molar-refractivity contribution in [2.75, 3.05) is 5.32 Å².